The minimum Gasteiger partial charge on any atom is -0.454 e. The van der Waals surface area contributed by atoms with Crippen LogP contribution in [0.2, 0.25) is 0 Å². The van der Waals surface area contributed by atoms with Crippen LogP contribution in [0.15, 0.2) is 46.4 Å². The van der Waals surface area contributed by atoms with Crippen molar-refractivity contribution in [1.82, 2.24) is 4.90 Å². The summed E-state index contributed by atoms with van der Waals surface area (Å²) in [6, 6.07) is 12.2. The number of aliphatic imine (C=N–C) groups is 2. The van der Waals surface area contributed by atoms with Gasteiger partial charge in [0, 0.05) is 31.9 Å². The molecule has 31 heavy (non-hydrogen) atoms. The molecule has 0 aromatic heterocycles. The number of ether oxygens (including phenoxy) is 2. The standard InChI is InChI=1S/C22H25N7O2/c1-28-6-8-29(9-7-28)15-3-4-16-17(12-15)25-20(26-21(16)27-22(23)24)11-14-2-5-18-19(10-14)31-13-30-18/h2-5,10,12H,6-9,11,13H2,1H3,(H4,23,24,25,26,27)/p+1. The van der Waals surface area contributed by atoms with Crippen molar-refractivity contribution in [2.24, 2.45) is 15.7 Å². The largest absolute Gasteiger partial charge is 0.454 e. The van der Waals surface area contributed by atoms with Crippen LogP contribution in [0.25, 0.3) is 0 Å². The van der Waals surface area contributed by atoms with E-state index in [0.717, 1.165) is 66.0 Å². The lowest BCUT2D eigenvalue weighted by atomic mass is 10.1. The first-order valence-electron chi connectivity index (χ1n) is 10.4. The van der Waals surface area contributed by atoms with Crippen molar-refractivity contribution in [2.45, 2.75) is 6.42 Å². The van der Waals surface area contributed by atoms with Crippen molar-refractivity contribution in [2.75, 3.05) is 44.9 Å². The Morgan fingerprint density at radius 1 is 1.13 bits per heavy atom. The smallest absolute Gasteiger partial charge is 0.243 e. The van der Waals surface area contributed by atoms with Gasteiger partial charge >= 0.3 is 0 Å². The minimum absolute atomic E-state index is 0.218. The molecule has 0 amide bonds. The van der Waals surface area contributed by atoms with Crippen LogP contribution < -0.4 is 25.4 Å². The van der Waals surface area contributed by atoms with Crippen LogP contribution in [0.3, 0.4) is 0 Å². The molecular weight excluding hydrogens is 394 g/mol. The fourth-order valence-corrected chi connectivity index (χ4v) is 4.09. The molecule has 0 radical (unpaired) electrons. The zero-order chi connectivity index (χ0) is 21.4. The maximum Gasteiger partial charge on any atom is 0.243 e. The number of fused-ring (bicyclic) bond motifs is 2. The number of likely N-dealkylation sites (N-methyl/N-ethyl adjacent to an activating group) is 1. The summed E-state index contributed by atoms with van der Waals surface area (Å²) < 4.78 is 10.9. The molecule has 0 aliphatic carbocycles. The van der Waals surface area contributed by atoms with Gasteiger partial charge in [0.1, 0.15) is 0 Å². The van der Waals surface area contributed by atoms with E-state index in [9.17, 15) is 0 Å². The molecule has 9 nitrogen and oxygen atoms in total. The maximum absolute atomic E-state index is 7.65. The third-order valence-corrected chi connectivity index (χ3v) is 5.76. The molecule has 0 atom stereocenters. The number of piperazine rings is 1. The van der Waals surface area contributed by atoms with E-state index in [0.29, 0.717) is 12.3 Å². The molecule has 5 N–H and O–H groups in total. The summed E-state index contributed by atoms with van der Waals surface area (Å²) in [7, 11) is 2.15. The van der Waals surface area contributed by atoms with E-state index in [2.05, 4.69) is 34.0 Å². The highest BCUT2D eigenvalue weighted by Gasteiger charge is 2.26. The van der Waals surface area contributed by atoms with E-state index in [1.54, 1.807) is 0 Å². The molecule has 2 aromatic carbocycles. The van der Waals surface area contributed by atoms with Gasteiger partial charge in [0.25, 0.3) is 0 Å². The molecule has 160 valence electrons. The summed E-state index contributed by atoms with van der Waals surface area (Å²) >= 11 is 0. The molecule has 2 aromatic rings. The number of amidine groups is 2. The Morgan fingerprint density at radius 3 is 2.74 bits per heavy atom. The molecule has 1 saturated heterocycles. The van der Waals surface area contributed by atoms with E-state index in [-0.39, 0.29) is 12.8 Å². The Balaban J connectivity index is 1.46. The monoisotopic (exact) mass is 420 g/mol. The highest BCUT2D eigenvalue weighted by atomic mass is 16.7. The van der Waals surface area contributed by atoms with Gasteiger partial charge in [0.2, 0.25) is 24.4 Å². The van der Waals surface area contributed by atoms with Crippen molar-refractivity contribution < 1.29 is 14.8 Å². The Morgan fingerprint density at radius 2 is 1.94 bits per heavy atom. The number of nitrogens with zero attached hydrogens (tertiary/aromatic N) is 4. The van der Waals surface area contributed by atoms with Gasteiger partial charge in [-0.25, -0.2) is 0 Å². The zero-order valence-electron chi connectivity index (χ0n) is 17.5. The van der Waals surface area contributed by atoms with Crippen LogP contribution in [0, 0.1) is 5.41 Å². The van der Waals surface area contributed by atoms with Crippen molar-refractivity contribution in [3.8, 4) is 11.5 Å². The van der Waals surface area contributed by atoms with E-state index in [1.807, 2.05) is 29.6 Å². The van der Waals surface area contributed by atoms with Crippen molar-refractivity contribution in [3.63, 3.8) is 0 Å². The number of quaternary nitrogens is 1. The van der Waals surface area contributed by atoms with Gasteiger partial charge in [-0.15, -0.1) is 0 Å². The molecular formula is C22H26N7O2+. The fourth-order valence-electron chi connectivity index (χ4n) is 4.09. The van der Waals surface area contributed by atoms with Crippen LogP contribution in [0.4, 0.5) is 11.4 Å². The highest BCUT2D eigenvalue weighted by Crippen LogP contribution is 2.33. The number of nitrogens with two attached hydrogens (primary N) is 2. The number of hydrogen-bond donors (Lipinski definition) is 3. The number of hydrogen-bond acceptors (Lipinski definition) is 6. The average molecular weight is 420 g/mol. The summed E-state index contributed by atoms with van der Waals surface area (Å²) in [4.78, 5) is 13.9. The quantitative estimate of drug-likeness (QED) is 0.498. The lowest BCUT2D eigenvalue weighted by Crippen LogP contribution is -2.93. The second-order valence-corrected chi connectivity index (χ2v) is 7.99. The Hall–Kier alpha value is -3.43. The van der Waals surface area contributed by atoms with Gasteiger partial charge in [-0.2, -0.15) is 9.98 Å². The second kappa shape index (κ2) is 8.01. The molecule has 0 bridgehead atoms. The second-order valence-electron chi connectivity index (χ2n) is 7.99. The maximum atomic E-state index is 7.65. The topological polar surface area (TPSA) is 116 Å². The third-order valence-electron chi connectivity index (χ3n) is 5.76. The summed E-state index contributed by atoms with van der Waals surface area (Å²) in [6.45, 7) is 4.32. The van der Waals surface area contributed by atoms with E-state index in [4.69, 9.17) is 25.6 Å². The molecule has 0 saturated carbocycles. The number of anilines is 1. The molecule has 9 heteroatoms. The normalized spacial score (nSPS) is 19.3. The Kier molecular flexibility index (Phi) is 5.05. The van der Waals surface area contributed by atoms with Gasteiger partial charge in [-0.3, -0.25) is 10.7 Å². The molecule has 3 heterocycles. The molecule has 3 aliphatic rings. The minimum atomic E-state index is -0.218. The van der Waals surface area contributed by atoms with E-state index in [1.165, 1.54) is 0 Å². The first-order chi connectivity index (χ1) is 15.0. The van der Waals surface area contributed by atoms with Gasteiger partial charge in [0.05, 0.1) is 17.7 Å². The van der Waals surface area contributed by atoms with E-state index >= 15 is 0 Å². The average Bonchev–Trinajstić information content (AvgIpc) is 3.21. The number of rotatable bonds is 3. The van der Waals surface area contributed by atoms with Crippen LogP contribution in [0.1, 0.15) is 11.1 Å². The van der Waals surface area contributed by atoms with Gasteiger partial charge in [0.15, 0.2) is 11.5 Å². The van der Waals surface area contributed by atoms with Crippen LogP contribution in [-0.2, 0) is 6.42 Å². The SMILES string of the molecule is CN1CCN(c2ccc3c(c2)N=C(Cc2ccc4c(c2)OCO4)[NH2+]/C3=N\C(=N)N)CC1. The molecule has 5 rings (SSSR count). The van der Waals surface area contributed by atoms with Gasteiger partial charge < -0.3 is 25.0 Å². The molecule has 1 fully saturated rings. The number of nitrogens with one attached hydrogen (secondary N) is 1. The Bertz CT molecular complexity index is 1090. The fraction of sp³-hybridized carbons (Fsp3) is 0.318. The zero-order valence-corrected chi connectivity index (χ0v) is 17.5. The van der Waals surface area contributed by atoms with Crippen LogP contribution >= 0.6 is 0 Å². The Labute approximate surface area is 180 Å². The molecule has 3 aliphatic heterocycles. The van der Waals surface area contributed by atoms with Gasteiger partial charge in [-0.1, -0.05) is 6.07 Å². The number of guanidine groups is 1. The first kappa shape index (κ1) is 19.5. The van der Waals surface area contributed by atoms with Crippen molar-refractivity contribution >= 4 is 29.0 Å². The third kappa shape index (κ3) is 4.10. The summed E-state index contributed by atoms with van der Waals surface area (Å²) in [5, 5.41) is 9.56. The molecule has 0 unspecified atom stereocenters. The lowest BCUT2D eigenvalue weighted by Gasteiger charge is -2.34. The van der Waals surface area contributed by atoms with Crippen molar-refractivity contribution in [1.29, 1.82) is 5.41 Å². The summed E-state index contributed by atoms with van der Waals surface area (Å²) in [5.74, 6) is 2.83. The number of benzene rings is 2. The first-order valence-corrected chi connectivity index (χ1v) is 10.4. The van der Waals surface area contributed by atoms with E-state index < -0.39 is 0 Å². The highest BCUT2D eigenvalue weighted by molar-refractivity contribution is 6.08. The lowest BCUT2D eigenvalue weighted by molar-refractivity contribution is -0.410. The molecule has 0 spiro atoms. The van der Waals surface area contributed by atoms with Crippen molar-refractivity contribution in [3.05, 3.63) is 47.5 Å². The van der Waals surface area contributed by atoms with Crippen LogP contribution in [0.5, 0.6) is 11.5 Å². The van der Waals surface area contributed by atoms with Gasteiger partial charge in [-0.05, 0) is 42.9 Å². The predicted octanol–water partition coefficient (Wildman–Crippen LogP) is 0.657. The summed E-state index contributed by atoms with van der Waals surface area (Å²) in [5.41, 5.74) is 9.56. The van der Waals surface area contributed by atoms with Crippen LogP contribution in [-0.4, -0.2) is 62.6 Å². The summed E-state index contributed by atoms with van der Waals surface area (Å²) in [6.07, 6.45) is 0.617. The predicted molar refractivity (Wildman–Crippen MR) is 120 cm³/mol.